The number of rotatable bonds is 4. The quantitative estimate of drug-likeness (QED) is 0.575. The summed E-state index contributed by atoms with van der Waals surface area (Å²) in [4.78, 5) is 0. The second kappa shape index (κ2) is 5.83. The topological polar surface area (TPSA) is 20.2 Å². The van der Waals surface area contributed by atoms with Gasteiger partial charge >= 0.3 is 0 Å². The summed E-state index contributed by atoms with van der Waals surface area (Å²) in [5.41, 5.74) is 0. The average molecular weight is 128 g/mol. The standard InChI is InChI=1S/C8H16O/c1-3-4-5-6-7-8(2)9/h5-6,8-9H,3-4,7H2,1-2H3/b6-5+/t8-/m0/s1. The molecule has 0 fully saturated rings. The Labute approximate surface area is 57.4 Å². The van der Waals surface area contributed by atoms with Gasteiger partial charge in [0.1, 0.15) is 0 Å². The van der Waals surface area contributed by atoms with Gasteiger partial charge in [-0.25, -0.2) is 0 Å². The molecule has 1 nitrogen and oxygen atoms in total. The summed E-state index contributed by atoms with van der Waals surface area (Å²) < 4.78 is 0. The third-order valence-electron chi connectivity index (χ3n) is 1.10. The van der Waals surface area contributed by atoms with Crippen LogP contribution in [0.25, 0.3) is 0 Å². The molecule has 0 radical (unpaired) electrons. The van der Waals surface area contributed by atoms with Crippen molar-refractivity contribution >= 4 is 0 Å². The van der Waals surface area contributed by atoms with E-state index in [0.29, 0.717) is 0 Å². The zero-order valence-corrected chi connectivity index (χ0v) is 6.30. The Kier molecular flexibility index (Phi) is 5.64. The Morgan fingerprint density at radius 3 is 2.56 bits per heavy atom. The Balaban J connectivity index is 3.04. The number of allylic oxidation sites excluding steroid dienone is 1. The molecule has 54 valence electrons. The van der Waals surface area contributed by atoms with Crippen LogP contribution in [0.4, 0.5) is 0 Å². The fraction of sp³-hybridized carbons (Fsp3) is 0.750. The van der Waals surface area contributed by atoms with E-state index in [1.54, 1.807) is 6.92 Å². The maximum absolute atomic E-state index is 8.80. The SMILES string of the molecule is CCC/C=C/C[C@H](C)O. The molecule has 0 aromatic heterocycles. The largest absolute Gasteiger partial charge is 0.393 e. The molecule has 0 saturated carbocycles. The van der Waals surface area contributed by atoms with E-state index in [2.05, 4.69) is 13.0 Å². The Hall–Kier alpha value is -0.300. The van der Waals surface area contributed by atoms with Gasteiger partial charge in [-0.1, -0.05) is 25.5 Å². The molecular formula is C8H16O. The maximum Gasteiger partial charge on any atom is 0.0546 e. The van der Waals surface area contributed by atoms with Gasteiger partial charge in [-0.2, -0.15) is 0 Å². The van der Waals surface area contributed by atoms with Gasteiger partial charge in [-0.15, -0.1) is 0 Å². The van der Waals surface area contributed by atoms with E-state index >= 15 is 0 Å². The second-order valence-corrected chi connectivity index (χ2v) is 2.34. The highest BCUT2D eigenvalue weighted by Crippen LogP contribution is 1.94. The van der Waals surface area contributed by atoms with E-state index < -0.39 is 0 Å². The lowest BCUT2D eigenvalue weighted by molar-refractivity contribution is 0.198. The Morgan fingerprint density at radius 1 is 1.44 bits per heavy atom. The van der Waals surface area contributed by atoms with E-state index in [1.807, 2.05) is 6.08 Å². The first-order valence-electron chi connectivity index (χ1n) is 3.60. The van der Waals surface area contributed by atoms with Crippen molar-refractivity contribution in [2.24, 2.45) is 0 Å². The van der Waals surface area contributed by atoms with Crippen LogP contribution in [-0.2, 0) is 0 Å². The van der Waals surface area contributed by atoms with Crippen molar-refractivity contribution in [2.75, 3.05) is 0 Å². The summed E-state index contributed by atoms with van der Waals surface area (Å²) in [6, 6.07) is 0. The minimum atomic E-state index is -0.182. The van der Waals surface area contributed by atoms with Crippen molar-refractivity contribution < 1.29 is 5.11 Å². The van der Waals surface area contributed by atoms with Crippen LogP contribution in [0.15, 0.2) is 12.2 Å². The minimum Gasteiger partial charge on any atom is -0.393 e. The molecule has 0 spiro atoms. The first kappa shape index (κ1) is 8.70. The van der Waals surface area contributed by atoms with Crippen molar-refractivity contribution in [3.8, 4) is 0 Å². The molecule has 0 rings (SSSR count). The molecule has 0 bridgehead atoms. The summed E-state index contributed by atoms with van der Waals surface area (Å²) in [6.45, 7) is 3.95. The molecule has 0 saturated heterocycles. The van der Waals surface area contributed by atoms with Crippen LogP contribution in [0, 0.1) is 0 Å². The van der Waals surface area contributed by atoms with Gasteiger partial charge in [-0.05, 0) is 19.8 Å². The van der Waals surface area contributed by atoms with Crippen molar-refractivity contribution in [3.63, 3.8) is 0 Å². The van der Waals surface area contributed by atoms with Gasteiger partial charge in [0, 0.05) is 0 Å². The van der Waals surface area contributed by atoms with Crippen LogP contribution in [0.1, 0.15) is 33.1 Å². The van der Waals surface area contributed by atoms with E-state index in [1.165, 1.54) is 6.42 Å². The third kappa shape index (κ3) is 7.70. The number of aliphatic hydroxyl groups excluding tert-OH is 1. The highest BCUT2D eigenvalue weighted by Gasteiger charge is 1.86. The summed E-state index contributed by atoms with van der Waals surface area (Å²) >= 11 is 0. The molecule has 1 N–H and O–H groups in total. The van der Waals surface area contributed by atoms with Crippen LogP contribution < -0.4 is 0 Å². The lowest BCUT2D eigenvalue weighted by atomic mass is 10.2. The number of hydrogen-bond donors (Lipinski definition) is 1. The fourth-order valence-electron chi connectivity index (χ4n) is 0.578. The van der Waals surface area contributed by atoms with E-state index in [4.69, 9.17) is 5.11 Å². The van der Waals surface area contributed by atoms with Crippen LogP contribution in [0.2, 0.25) is 0 Å². The molecular weight excluding hydrogens is 112 g/mol. The van der Waals surface area contributed by atoms with E-state index in [-0.39, 0.29) is 6.10 Å². The smallest absolute Gasteiger partial charge is 0.0546 e. The molecule has 0 aliphatic heterocycles. The summed E-state index contributed by atoms with van der Waals surface area (Å²) in [6.07, 6.45) is 7.09. The van der Waals surface area contributed by atoms with Crippen LogP contribution in [0.5, 0.6) is 0 Å². The maximum atomic E-state index is 8.80. The second-order valence-electron chi connectivity index (χ2n) is 2.34. The predicted molar refractivity (Wildman–Crippen MR) is 40.3 cm³/mol. The molecule has 0 aliphatic carbocycles. The highest BCUT2D eigenvalue weighted by atomic mass is 16.3. The van der Waals surface area contributed by atoms with Crippen molar-refractivity contribution in [1.82, 2.24) is 0 Å². The van der Waals surface area contributed by atoms with Crippen molar-refractivity contribution in [2.45, 2.75) is 39.2 Å². The van der Waals surface area contributed by atoms with Gasteiger partial charge in [0.25, 0.3) is 0 Å². The molecule has 0 unspecified atom stereocenters. The van der Waals surface area contributed by atoms with Crippen LogP contribution in [0.3, 0.4) is 0 Å². The third-order valence-corrected chi connectivity index (χ3v) is 1.10. The minimum absolute atomic E-state index is 0.182. The molecule has 0 aromatic carbocycles. The predicted octanol–water partition coefficient (Wildman–Crippen LogP) is 2.11. The van der Waals surface area contributed by atoms with E-state index in [0.717, 1.165) is 12.8 Å². The molecule has 1 atom stereocenters. The fourth-order valence-corrected chi connectivity index (χ4v) is 0.578. The molecule has 0 heterocycles. The molecule has 0 aromatic rings. The van der Waals surface area contributed by atoms with Crippen LogP contribution in [-0.4, -0.2) is 11.2 Å². The summed E-state index contributed by atoms with van der Waals surface area (Å²) in [7, 11) is 0. The summed E-state index contributed by atoms with van der Waals surface area (Å²) in [5.74, 6) is 0. The van der Waals surface area contributed by atoms with Gasteiger partial charge in [0.2, 0.25) is 0 Å². The van der Waals surface area contributed by atoms with Crippen LogP contribution >= 0.6 is 0 Å². The van der Waals surface area contributed by atoms with Gasteiger partial charge in [0.15, 0.2) is 0 Å². The number of unbranched alkanes of at least 4 members (excludes halogenated alkanes) is 1. The Bertz CT molecular complexity index is 74.6. The Morgan fingerprint density at radius 2 is 2.11 bits per heavy atom. The lowest BCUT2D eigenvalue weighted by Gasteiger charge is -1.94. The molecule has 9 heavy (non-hydrogen) atoms. The molecule has 1 heteroatoms. The van der Waals surface area contributed by atoms with Gasteiger partial charge in [0.05, 0.1) is 6.10 Å². The zero-order valence-electron chi connectivity index (χ0n) is 6.30. The lowest BCUT2D eigenvalue weighted by Crippen LogP contribution is -1.94. The average Bonchev–Trinajstić information content (AvgIpc) is 1.80. The number of aliphatic hydroxyl groups is 1. The monoisotopic (exact) mass is 128 g/mol. The first-order valence-corrected chi connectivity index (χ1v) is 3.60. The zero-order chi connectivity index (χ0) is 7.11. The first-order chi connectivity index (χ1) is 4.27. The van der Waals surface area contributed by atoms with Crippen molar-refractivity contribution in [3.05, 3.63) is 12.2 Å². The van der Waals surface area contributed by atoms with Crippen molar-refractivity contribution in [1.29, 1.82) is 0 Å². The molecule has 0 amide bonds. The van der Waals surface area contributed by atoms with Gasteiger partial charge in [-0.3, -0.25) is 0 Å². The van der Waals surface area contributed by atoms with E-state index in [9.17, 15) is 0 Å². The molecule has 0 aliphatic rings. The normalized spacial score (nSPS) is 14.6. The number of hydrogen-bond acceptors (Lipinski definition) is 1. The summed E-state index contributed by atoms with van der Waals surface area (Å²) in [5, 5.41) is 8.80. The van der Waals surface area contributed by atoms with Gasteiger partial charge < -0.3 is 5.11 Å². The highest BCUT2D eigenvalue weighted by molar-refractivity contribution is 4.82.